The number of hydrogen-bond donors (Lipinski definition) is 0. The summed E-state index contributed by atoms with van der Waals surface area (Å²) in [4.78, 5) is 0. The van der Waals surface area contributed by atoms with Crippen LogP contribution in [0.3, 0.4) is 0 Å². The third kappa shape index (κ3) is 41.4. The molecule has 0 fully saturated rings. The molecule has 0 saturated carbocycles. The Morgan fingerprint density at radius 2 is 1.00 bits per heavy atom. The molecule has 0 nitrogen and oxygen atoms in total. The van der Waals surface area contributed by atoms with E-state index in [-0.39, 0.29) is 41.9 Å². The summed E-state index contributed by atoms with van der Waals surface area (Å²) in [6, 6.07) is 0. The molecule has 0 unspecified atom stereocenters. The molecule has 1 radical (unpaired) electrons. The third-order valence-electron chi connectivity index (χ3n) is 0. The summed E-state index contributed by atoms with van der Waals surface area (Å²) in [7, 11) is 0.380. The molecule has 0 aromatic heterocycles. The van der Waals surface area contributed by atoms with E-state index < -0.39 is 0 Å². The molecule has 6 heavy (non-hydrogen) atoms. The van der Waals surface area contributed by atoms with Crippen LogP contribution in [0.2, 0.25) is 0 Å². The summed E-state index contributed by atoms with van der Waals surface area (Å²) in [6.45, 7) is 6.69. The van der Waals surface area contributed by atoms with Crippen molar-refractivity contribution in [3.8, 4) is 0 Å². The van der Waals surface area contributed by atoms with Crippen molar-refractivity contribution in [1.82, 2.24) is 0 Å². The van der Waals surface area contributed by atoms with Crippen LogP contribution in [0.25, 0.3) is 0 Å². The van der Waals surface area contributed by atoms with Crippen LogP contribution < -0.4 is 0 Å². The van der Waals surface area contributed by atoms with Gasteiger partial charge in [0, 0.05) is 41.9 Å². The maximum absolute atomic E-state index is 2.23. The van der Waals surface area contributed by atoms with Gasteiger partial charge in [-0.1, -0.05) is 0 Å². The Morgan fingerprint density at radius 3 is 1.00 bits per heavy atom. The molecule has 0 N–H and O–H groups in total. The van der Waals surface area contributed by atoms with E-state index in [0.717, 1.165) is 0 Å². The monoisotopic (exact) mass is 375 g/mol. The standard InChI is InChI=1S/C3H9P.Au.Ru/c1-4(2)3;;/h1-3H3;;. The Morgan fingerprint density at radius 1 is 1.00 bits per heavy atom. The predicted octanol–water partition coefficient (Wildman–Crippen LogP) is 1.35. The van der Waals surface area contributed by atoms with Crippen LogP contribution in [0.1, 0.15) is 0 Å². The fraction of sp³-hybridized carbons (Fsp3) is 1.00. The van der Waals surface area contributed by atoms with E-state index in [1.54, 1.807) is 0 Å². The quantitative estimate of drug-likeness (QED) is 0.444. The van der Waals surface area contributed by atoms with E-state index in [1.165, 1.54) is 0 Å². The van der Waals surface area contributed by atoms with Gasteiger partial charge in [-0.15, -0.1) is 7.92 Å². The fourth-order valence-electron chi connectivity index (χ4n) is 0. The largest absolute Gasteiger partial charge is 0.116 e. The van der Waals surface area contributed by atoms with Gasteiger partial charge in [-0.25, -0.2) is 0 Å². The van der Waals surface area contributed by atoms with Gasteiger partial charge in [0.25, 0.3) is 0 Å². The maximum atomic E-state index is 2.23. The molecule has 0 aliphatic rings. The fourth-order valence-corrected chi connectivity index (χ4v) is 0. The molecule has 0 heterocycles. The van der Waals surface area contributed by atoms with Crippen LogP contribution in [-0.2, 0) is 41.9 Å². The minimum Gasteiger partial charge on any atom is -0.116 e. The van der Waals surface area contributed by atoms with Gasteiger partial charge in [0.15, 0.2) is 0 Å². The van der Waals surface area contributed by atoms with Crippen molar-refractivity contribution in [3.63, 3.8) is 0 Å². The second-order valence-electron chi connectivity index (χ2n) is 1.34. The molecule has 0 aromatic rings. The summed E-state index contributed by atoms with van der Waals surface area (Å²) in [5.41, 5.74) is 0. The van der Waals surface area contributed by atoms with Crippen LogP contribution in [-0.4, -0.2) is 20.0 Å². The number of hydrogen-bond acceptors (Lipinski definition) is 0. The molecule has 0 bridgehead atoms. The molecular formula is C3H9AuPRu. The van der Waals surface area contributed by atoms with E-state index in [9.17, 15) is 0 Å². The molecule has 3 heteroatoms. The van der Waals surface area contributed by atoms with Crippen LogP contribution in [0.5, 0.6) is 0 Å². The first-order chi connectivity index (χ1) is 1.73. The van der Waals surface area contributed by atoms with Gasteiger partial charge < -0.3 is 0 Å². The summed E-state index contributed by atoms with van der Waals surface area (Å²) in [5.74, 6) is 0. The summed E-state index contributed by atoms with van der Waals surface area (Å²) < 4.78 is 0. The van der Waals surface area contributed by atoms with Gasteiger partial charge in [0.1, 0.15) is 0 Å². The zero-order valence-corrected chi connectivity index (χ0v) is 8.90. The summed E-state index contributed by atoms with van der Waals surface area (Å²) >= 11 is 0. The van der Waals surface area contributed by atoms with Crippen molar-refractivity contribution in [2.45, 2.75) is 0 Å². The molecule has 0 amide bonds. The minimum absolute atomic E-state index is 0. The van der Waals surface area contributed by atoms with E-state index in [1.807, 2.05) is 0 Å². The Balaban J connectivity index is -0.0000000450. The van der Waals surface area contributed by atoms with Gasteiger partial charge in [-0.05, 0) is 20.0 Å². The zero-order chi connectivity index (χ0) is 3.58. The molecule has 45 valence electrons. The Hall–Kier alpha value is 1.79. The molecule has 0 saturated heterocycles. The molecule has 0 aromatic carbocycles. The average Bonchev–Trinajstić information content (AvgIpc) is 0.811. The third-order valence-corrected chi connectivity index (χ3v) is 0. The summed E-state index contributed by atoms with van der Waals surface area (Å²) in [6.07, 6.45) is 0. The first-order valence-corrected chi connectivity index (χ1v) is 4.02. The maximum Gasteiger partial charge on any atom is 0 e. The van der Waals surface area contributed by atoms with Gasteiger partial charge >= 0.3 is 0 Å². The molecular weight excluding hydrogens is 365 g/mol. The Labute approximate surface area is 69.5 Å². The number of rotatable bonds is 0. The minimum atomic E-state index is 0. The van der Waals surface area contributed by atoms with Crippen LogP contribution in [0.4, 0.5) is 0 Å². The SMILES string of the molecule is CP(C)C.[Au].[Ru]. The Bertz CT molecular complexity index is 15.5. The van der Waals surface area contributed by atoms with Crippen molar-refractivity contribution in [1.29, 1.82) is 0 Å². The van der Waals surface area contributed by atoms with Crippen molar-refractivity contribution < 1.29 is 41.9 Å². The van der Waals surface area contributed by atoms with Crippen molar-refractivity contribution in [2.24, 2.45) is 0 Å². The van der Waals surface area contributed by atoms with E-state index in [0.29, 0.717) is 7.92 Å². The Kier molecular flexibility index (Phi) is 25.9. The van der Waals surface area contributed by atoms with Crippen LogP contribution >= 0.6 is 7.92 Å². The van der Waals surface area contributed by atoms with Crippen molar-refractivity contribution in [3.05, 3.63) is 0 Å². The van der Waals surface area contributed by atoms with Crippen molar-refractivity contribution >= 4 is 7.92 Å². The van der Waals surface area contributed by atoms with Gasteiger partial charge in [0.2, 0.25) is 0 Å². The van der Waals surface area contributed by atoms with Gasteiger partial charge in [-0.3, -0.25) is 0 Å². The zero-order valence-electron chi connectivity index (χ0n) is 4.10. The topological polar surface area (TPSA) is 0 Å². The van der Waals surface area contributed by atoms with Crippen LogP contribution in [0.15, 0.2) is 0 Å². The van der Waals surface area contributed by atoms with E-state index in [2.05, 4.69) is 20.0 Å². The van der Waals surface area contributed by atoms with Crippen molar-refractivity contribution in [2.75, 3.05) is 20.0 Å². The van der Waals surface area contributed by atoms with E-state index in [4.69, 9.17) is 0 Å². The average molecular weight is 374 g/mol. The van der Waals surface area contributed by atoms with Crippen LogP contribution in [0, 0.1) is 0 Å². The summed E-state index contributed by atoms with van der Waals surface area (Å²) in [5, 5.41) is 0. The molecule has 0 rings (SSSR count). The smallest absolute Gasteiger partial charge is 0 e. The second kappa shape index (κ2) is 9.92. The predicted molar refractivity (Wildman–Crippen MR) is 24.7 cm³/mol. The molecule has 0 atom stereocenters. The van der Waals surface area contributed by atoms with Gasteiger partial charge in [0.05, 0.1) is 0 Å². The first-order valence-electron chi connectivity index (χ1n) is 1.34. The normalized spacial score (nSPS) is 6.00. The first kappa shape index (κ1) is 15.7. The molecule has 0 aliphatic carbocycles. The van der Waals surface area contributed by atoms with Gasteiger partial charge in [-0.2, -0.15) is 0 Å². The van der Waals surface area contributed by atoms with E-state index >= 15 is 0 Å². The second-order valence-corrected chi connectivity index (χ2v) is 4.02. The molecule has 0 aliphatic heterocycles. The molecule has 0 spiro atoms.